The fourth-order valence-electron chi connectivity index (χ4n) is 2.23. The highest BCUT2D eigenvalue weighted by Crippen LogP contribution is 2.36. The zero-order valence-electron chi connectivity index (χ0n) is 10.7. The van der Waals surface area contributed by atoms with E-state index in [-0.39, 0.29) is 24.5 Å². The number of nitrogen functional groups attached to an aromatic ring is 1. The van der Waals surface area contributed by atoms with Gasteiger partial charge in [-0.15, -0.1) is 0 Å². The summed E-state index contributed by atoms with van der Waals surface area (Å²) < 4.78 is 5.41. The van der Waals surface area contributed by atoms with Crippen molar-refractivity contribution in [3.8, 4) is 5.75 Å². The average molecular weight is 249 g/mol. The summed E-state index contributed by atoms with van der Waals surface area (Å²) in [5.74, 6) is 0.881. The maximum atomic E-state index is 12.1. The SMILES string of the molecule is CC(C)C(CN)N1C(=O)COc2ccc(N)cc21. The Bertz CT molecular complexity index is 460. The number of hydrogen-bond acceptors (Lipinski definition) is 4. The van der Waals surface area contributed by atoms with Gasteiger partial charge in [0.1, 0.15) is 5.75 Å². The van der Waals surface area contributed by atoms with Crippen molar-refractivity contribution in [1.82, 2.24) is 0 Å². The summed E-state index contributed by atoms with van der Waals surface area (Å²) in [5, 5.41) is 0. The molecule has 4 N–H and O–H groups in total. The van der Waals surface area contributed by atoms with Crippen LogP contribution in [0.3, 0.4) is 0 Å². The number of amides is 1. The van der Waals surface area contributed by atoms with Gasteiger partial charge in [-0.25, -0.2) is 0 Å². The summed E-state index contributed by atoms with van der Waals surface area (Å²) in [7, 11) is 0. The minimum atomic E-state index is -0.0720. The number of nitrogens with two attached hydrogens (primary N) is 2. The molecule has 0 saturated carbocycles. The molecule has 18 heavy (non-hydrogen) atoms. The average Bonchev–Trinajstić information content (AvgIpc) is 2.32. The molecule has 1 aliphatic rings. The first-order chi connectivity index (χ1) is 8.54. The fraction of sp³-hybridized carbons (Fsp3) is 0.462. The van der Waals surface area contributed by atoms with Gasteiger partial charge in [0.05, 0.1) is 11.7 Å². The molecule has 0 aliphatic carbocycles. The van der Waals surface area contributed by atoms with Gasteiger partial charge in [-0.05, 0) is 24.1 Å². The molecular weight excluding hydrogens is 230 g/mol. The number of carbonyl (C=O) groups excluding carboxylic acids is 1. The molecule has 0 fully saturated rings. The number of rotatable bonds is 3. The minimum absolute atomic E-state index is 0.0399. The van der Waals surface area contributed by atoms with Crippen LogP contribution in [0, 0.1) is 5.92 Å². The summed E-state index contributed by atoms with van der Waals surface area (Å²) in [6, 6.07) is 5.27. The third-order valence-corrected chi connectivity index (χ3v) is 3.21. The summed E-state index contributed by atoms with van der Waals surface area (Å²) in [6.45, 7) is 4.57. The maximum absolute atomic E-state index is 12.1. The molecule has 1 unspecified atom stereocenters. The number of carbonyl (C=O) groups is 1. The molecule has 1 amide bonds. The van der Waals surface area contributed by atoms with Gasteiger partial charge in [0, 0.05) is 12.2 Å². The summed E-state index contributed by atoms with van der Waals surface area (Å²) in [5.41, 5.74) is 12.9. The first-order valence-electron chi connectivity index (χ1n) is 6.09. The van der Waals surface area contributed by atoms with Crippen LogP contribution in [0.5, 0.6) is 5.75 Å². The number of nitrogens with zero attached hydrogens (tertiary/aromatic N) is 1. The number of benzene rings is 1. The lowest BCUT2D eigenvalue weighted by Gasteiger charge is -2.37. The second kappa shape index (κ2) is 4.86. The zero-order chi connectivity index (χ0) is 13.3. The Balaban J connectivity index is 2.46. The van der Waals surface area contributed by atoms with Crippen LogP contribution in [0.15, 0.2) is 18.2 Å². The van der Waals surface area contributed by atoms with Crippen LogP contribution >= 0.6 is 0 Å². The van der Waals surface area contributed by atoms with Gasteiger partial charge >= 0.3 is 0 Å². The Kier molecular flexibility index (Phi) is 3.43. The number of ether oxygens (including phenoxy) is 1. The van der Waals surface area contributed by atoms with Crippen molar-refractivity contribution >= 4 is 17.3 Å². The standard InChI is InChI=1S/C13H19N3O2/c1-8(2)11(6-14)16-10-5-9(15)3-4-12(10)18-7-13(16)17/h3-5,8,11H,6-7,14-15H2,1-2H3. The van der Waals surface area contributed by atoms with Gasteiger partial charge in [-0.3, -0.25) is 4.79 Å². The van der Waals surface area contributed by atoms with E-state index >= 15 is 0 Å². The fourth-order valence-corrected chi connectivity index (χ4v) is 2.23. The van der Waals surface area contributed by atoms with Crippen LogP contribution in [-0.4, -0.2) is 25.1 Å². The van der Waals surface area contributed by atoms with E-state index in [9.17, 15) is 4.79 Å². The predicted molar refractivity (Wildman–Crippen MR) is 71.5 cm³/mol. The molecule has 0 radical (unpaired) electrons. The highest BCUT2D eigenvalue weighted by molar-refractivity contribution is 5.99. The second-order valence-electron chi connectivity index (χ2n) is 4.83. The number of fused-ring (bicyclic) bond motifs is 1. The van der Waals surface area contributed by atoms with E-state index in [0.717, 1.165) is 5.69 Å². The first kappa shape index (κ1) is 12.7. The molecule has 2 rings (SSSR count). The van der Waals surface area contributed by atoms with E-state index < -0.39 is 0 Å². The molecule has 1 aromatic rings. The van der Waals surface area contributed by atoms with Gasteiger partial charge in [-0.2, -0.15) is 0 Å². The van der Waals surface area contributed by atoms with Crippen LogP contribution in [0.4, 0.5) is 11.4 Å². The molecular formula is C13H19N3O2. The van der Waals surface area contributed by atoms with Crippen molar-refractivity contribution in [2.75, 3.05) is 23.8 Å². The van der Waals surface area contributed by atoms with Crippen LogP contribution in [0.2, 0.25) is 0 Å². The highest BCUT2D eigenvalue weighted by atomic mass is 16.5. The van der Waals surface area contributed by atoms with Crippen molar-refractivity contribution in [1.29, 1.82) is 0 Å². The monoisotopic (exact) mass is 249 g/mol. The lowest BCUT2D eigenvalue weighted by atomic mass is 10.0. The summed E-state index contributed by atoms with van der Waals surface area (Å²) in [4.78, 5) is 13.8. The Hall–Kier alpha value is -1.75. The van der Waals surface area contributed by atoms with Gasteiger partial charge in [0.15, 0.2) is 6.61 Å². The third-order valence-electron chi connectivity index (χ3n) is 3.21. The lowest BCUT2D eigenvalue weighted by Crippen LogP contribution is -2.51. The van der Waals surface area contributed by atoms with E-state index in [4.69, 9.17) is 16.2 Å². The van der Waals surface area contributed by atoms with Crippen molar-refractivity contribution < 1.29 is 9.53 Å². The van der Waals surface area contributed by atoms with Crippen LogP contribution < -0.4 is 21.1 Å². The summed E-state index contributed by atoms with van der Waals surface area (Å²) >= 11 is 0. The number of hydrogen-bond donors (Lipinski definition) is 2. The molecule has 1 atom stereocenters. The van der Waals surface area contributed by atoms with Gasteiger partial charge < -0.3 is 21.1 Å². The highest BCUT2D eigenvalue weighted by Gasteiger charge is 2.32. The first-order valence-corrected chi connectivity index (χ1v) is 6.09. The molecule has 1 heterocycles. The van der Waals surface area contributed by atoms with Crippen LogP contribution in [0.25, 0.3) is 0 Å². The minimum Gasteiger partial charge on any atom is -0.482 e. The molecule has 5 heteroatoms. The van der Waals surface area contributed by atoms with Crippen molar-refractivity contribution in [2.45, 2.75) is 19.9 Å². The van der Waals surface area contributed by atoms with Crippen molar-refractivity contribution in [3.05, 3.63) is 18.2 Å². The Morgan fingerprint density at radius 1 is 1.44 bits per heavy atom. The molecule has 0 bridgehead atoms. The topological polar surface area (TPSA) is 81.6 Å². The summed E-state index contributed by atoms with van der Waals surface area (Å²) in [6.07, 6.45) is 0. The van der Waals surface area contributed by atoms with Gasteiger partial charge in [-0.1, -0.05) is 13.8 Å². The Morgan fingerprint density at radius 2 is 2.17 bits per heavy atom. The van der Waals surface area contributed by atoms with Crippen LogP contribution in [0.1, 0.15) is 13.8 Å². The van der Waals surface area contributed by atoms with E-state index in [1.54, 1.807) is 23.1 Å². The third kappa shape index (κ3) is 2.13. The second-order valence-corrected chi connectivity index (χ2v) is 4.83. The number of anilines is 2. The predicted octanol–water partition coefficient (Wildman–Crippen LogP) is 0.977. The van der Waals surface area contributed by atoms with Gasteiger partial charge in [0.2, 0.25) is 0 Å². The molecule has 5 nitrogen and oxygen atoms in total. The van der Waals surface area contributed by atoms with E-state index in [0.29, 0.717) is 18.0 Å². The van der Waals surface area contributed by atoms with E-state index in [2.05, 4.69) is 0 Å². The van der Waals surface area contributed by atoms with Crippen molar-refractivity contribution in [3.63, 3.8) is 0 Å². The molecule has 0 aromatic heterocycles. The molecule has 1 aliphatic heterocycles. The van der Waals surface area contributed by atoms with Gasteiger partial charge in [0.25, 0.3) is 5.91 Å². The zero-order valence-corrected chi connectivity index (χ0v) is 10.7. The van der Waals surface area contributed by atoms with E-state index in [1.165, 1.54) is 0 Å². The molecule has 0 spiro atoms. The van der Waals surface area contributed by atoms with E-state index in [1.807, 2.05) is 13.8 Å². The smallest absolute Gasteiger partial charge is 0.265 e. The molecule has 0 saturated heterocycles. The lowest BCUT2D eigenvalue weighted by molar-refractivity contribution is -0.122. The molecule has 1 aromatic carbocycles. The molecule has 98 valence electrons. The van der Waals surface area contributed by atoms with Crippen LogP contribution in [-0.2, 0) is 4.79 Å². The normalized spacial score (nSPS) is 16.4. The maximum Gasteiger partial charge on any atom is 0.265 e. The largest absolute Gasteiger partial charge is 0.482 e. The van der Waals surface area contributed by atoms with Crippen molar-refractivity contribution in [2.24, 2.45) is 11.7 Å². The quantitative estimate of drug-likeness (QED) is 0.782. The Morgan fingerprint density at radius 3 is 2.78 bits per heavy atom. The Labute approximate surface area is 107 Å².